The molecule has 0 unspecified atom stereocenters. The summed E-state index contributed by atoms with van der Waals surface area (Å²) in [4.78, 5) is 3.91. The number of hydrogen-bond donors (Lipinski definition) is 2. The molecule has 0 aliphatic heterocycles. The smallest absolute Gasteiger partial charge is 0.206 e. The number of nitrogens with two attached hydrogens (primary N) is 1. The largest absolute Gasteiger partial charge is 0.475 e. The van der Waals surface area contributed by atoms with Gasteiger partial charge in [0.25, 0.3) is 0 Å². The summed E-state index contributed by atoms with van der Waals surface area (Å²) in [6.07, 6.45) is 6.77. The molecule has 0 saturated heterocycles. The van der Waals surface area contributed by atoms with Gasteiger partial charge in [0, 0.05) is 6.54 Å². The van der Waals surface area contributed by atoms with Crippen molar-refractivity contribution >= 4 is 6.21 Å². The second-order valence-corrected chi connectivity index (χ2v) is 6.13. The number of aryl methyl sites for hydroxylation is 1. The first-order valence-corrected chi connectivity index (χ1v) is 8.39. The van der Waals surface area contributed by atoms with Crippen LogP contribution in [0, 0.1) is 6.92 Å². The van der Waals surface area contributed by atoms with E-state index >= 15 is 0 Å². The average Bonchev–Trinajstić information content (AvgIpc) is 2.59. The quantitative estimate of drug-likeness (QED) is 0.585. The van der Waals surface area contributed by atoms with Gasteiger partial charge in [-0.1, -0.05) is 36.2 Å². The molecule has 5 heteroatoms. The molecule has 2 rings (SSSR count). The number of rotatable bonds is 7. The van der Waals surface area contributed by atoms with Crippen LogP contribution in [-0.4, -0.2) is 12.3 Å². The van der Waals surface area contributed by atoms with Gasteiger partial charge in [0.05, 0.1) is 6.21 Å². The van der Waals surface area contributed by atoms with Gasteiger partial charge in [0.1, 0.15) is 11.9 Å². The predicted molar refractivity (Wildman–Crippen MR) is 95.9 cm³/mol. The Balaban J connectivity index is 1.81. The van der Waals surface area contributed by atoms with Gasteiger partial charge in [-0.15, -0.1) is 0 Å². The van der Waals surface area contributed by atoms with Gasteiger partial charge >= 0.3 is 0 Å². The number of nitrogens with zero attached hydrogens (tertiary/aromatic N) is 1. The van der Waals surface area contributed by atoms with Crippen LogP contribution in [-0.2, 0) is 11.3 Å². The minimum Gasteiger partial charge on any atom is -0.475 e. The number of allylic oxidation sites excluding steroid dienone is 1. The zero-order chi connectivity index (χ0) is 17.4. The van der Waals surface area contributed by atoms with E-state index in [0.29, 0.717) is 6.54 Å². The maximum atomic E-state index is 13.9. The number of halogens is 1. The van der Waals surface area contributed by atoms with E-state index in [4.69, 9.17) is 10.5 Å². The fraction of sp³-hybridized carbons (Fsp3) is 0.421. The topological polar surface area (TPSA) is 59.6 Å². The van der Waals surface area contributed by atoms with Gasteiger partial charge in [0.15, 0.2) is 5.83 Å². The van der Waals surface area contributed by atoms with Crippen LogP contribution in [0.3, 0.4) is 0 Å². The normalized spacial score (nSPS) is 16.8. The monoisotopic (exact) mass is 331 g/mol. The predicted octanol–water partition coefficient (Wildman–Crippen LogP) is 4.07. The van der Waals surface area contributed by atoms with Crippen LogP contribution in [0.1, 0.15) is 43.2 Å². The second-order valence-electron chi connectivity index (χ2n) is 6.13. The van der Waals surface area contributed by atoms with Gasteiger partial charge < -0.3 is 15.8 Å². The number of aliphatic imine (C=N–C) groups is 1. The summed E-state index contributed by atoms with van der Waals surface area (Å²) in [6.45, 7) is 6.18. The van der Waals surface area contributed by atoms with Crippen LogP contribution in [0.2, 0.25) is 0 Å². The highest BCUT2D eigenvalue weighted by molar-refractivity contribution is 5.77. The van der Waals surface area contributed by atoms with E-state index in [1.807, 2.05) is 31.2 Å². The lowest BCUT2D eigenvalue weighted by molar-refractivity contribution is 0.0824. The van der Waals surface area contributed by atoms with Crippen LogP contribution in [0.25, 0.3) is 0 Å². The van der Waals surface area contributed by atoms with Crippen molar-refractivity contribution in [2.45, 2.75) is 51.7 Å². The molecule has 0 heterocycles. The van der Waals surface area contributed by atoms with E-state index < -0.39 is 5.83 Å². The van der Waals surface area contributed by atoms with Crippen molar-refractivity contribution in [3.05, 3.63) is 59.5 Å². The summed E-state index contributed by atoms with van der Waals surface area (Å²) in [5, 5.41) is 2.84. The highest BCUT2D eigenvalue weighted by atomic mass is 19.1. The molecule has 0 radical (unpaired) electrons. The first-order valence-electron chi connectivity index (χ1n) is 8.39. The fourth-order valence-electron chi connectivity index (χ4n) is 2.59. The highest BCUT2D eigenvalue weighted by Gasteiger charge is 2.14. The van der Waals surface area contributed by atoms with Crippen LogP contribution in [0.5, 0.6) is 0 Å². The molecule has 1 aromatic carbocycles. The molecule has 1 aromatic rings. The van der Waals surface area contributed by atoms with Gasteiger partial charge in [0.2, 0.25) is 5.88 Å². The Labute approximate surface area is 143 Å². The average molecular weight is 331 g/mol. The zero-order valence-corrected chi connectivity index (χ0v) is 14.2. The maximum absolute atomic E-state index is 13.9. The minimum absolute atomic E-state index is 0.0511. The van der Waals surface area contributed by atoms with Gasteiger partial charge in [-0.05, 0) is 44.7 Å². The van der Waals surface area contributed by atoms with Gasteiger partial charge in [-0.3, -0.25) is 0 Å². The van der Waals surface area contributed by atoms with Crippen molar-refractivity contribution in [2.24, 2.45) is 10.7 Å². The van der Waals surface area contributed by atoms with E-state index in [0.717, 1.165) is 37.5 Å². The summed E-state index contributed by atoms with van der Waals surface area (Å²) in [5.74, 6) is -0.455. The minimum atomic E-state index is -0.629. The summed E-state index contributed by atoms with van der Waals surface area (Å²) >= 11 is 0. The van der Waals surface area contributed by atoms with E-state index in [-0.39, 0.29) is 17.8 Å². The first kappa shape index (κ1) is 18.0. The Kier molecular flexibility index (Phi) is 6.85. The molecule has 0 atom stereocenters. The Morgan fingerprint density at radius 3 is 2.67 bits per heavy atom. The van der Waals surface area contributed by atoms with E-state index in [1.165, 1.54) is 12.0 Å². The third-order valence-electron chi connectivity index (χ3n) is 4.04. The maximum Gasteiger partial charge on any atom is 0.206 e. The third kappa shape index (κ3) is 6.07. The summed E-state index contributed by atoms with van der Waals surface area (Å²) in [5.41, 5.74) is 7.90. The molecular weight excluding hydrogens is 305 g/mol. The van der Waals surface area contributed by atoms with Crippen molar-refractivity contribution in [1.82, 2.24) is 5.32 Å². The molecule has 0 amide bonds. The molecule has 1 aliphatic rings. The molecule has 3 N–H and O–H groups in total. The number of nitrogens with one attached hydrogen (secondary N) is 1. The lowest BCUT2D eigenvalue weighted by atomic mass is 9.98. The SMILES string of the molecule is C=C(/N=C\C(F)=C(/N)NCc1ccc(C)cc1)OC1CCCCC1. The lowest BCUT2D eigenvalue weighted by Gasteiger charge is -2.22. The van der Waals surface area contributed by atoms with Crippen LogP contribution < -0.4 is 11.1 Å². The van der Waals surface area contributed by atoms with Crippen LogP contribution in [0.15, 0.2) is 53.4 Å². The summed E-state index contributed by atoms with van der Waals surface area (Å²) in [7, 11) is 0. The first-order chi connectivity index (χ1) is 11.5. The van der Waals surface area contributed by atoms with E-state index in [2.05, 4.69) is 16.9 Å². The fourth-order valence-corrected chi connectivity index (χ4v) is 2.59. The molecule has 1 aliphatic carbocycles. The van der Waals surface area contributed by atoms with Crippen molar-refractivity contribution in [1.29, 1.82) is 0 Å². The summed E-state index contributed by atoms with van der Waals surface area (Å²) in [6, 6.07) is 7.95. The molecule has 130 valence electrons. The van der Waals surface area contributed by atoms with E-state index in [9.17, 15) is 4.39 Å². The molecule has 1 saturated carbocycles. The van der Waals surface area contributed by atoms with Crippen molar-refractivity contribution in [2.75, 3.05) is 0 Å². The van der Waals surface area contributed by atoms with Crippen molar-refractivity contribution < 1.29 is 9.13 Å². The van der Waals surface area contributed by atoms with Gasteiger partial charge in [-0.25, -0.2) is 9.38 Å². The Morgan fingerprint density at radius 1 is 1.33 bits per heavy atom. The molecule has 0 spiro atoms. The third-order valence-corrected chi connectivity index (χ3v) is 4.04. The highest BCUT2D eigenvalue weighted by Crippen LogP contribution is 2.22. The Hall–Kier alpha value is -2.30. The Morgan fingerprint density at radius 2 is 2.00 bits per heavy atom. The molecule has 0 aromatic heterocycles. The number of benzene rings is 1. The standard InChI is InChI=1S/C19H26FN3O/c1-14-8-10-16(11-9-14)12-23-19(21)18(20)13-22-15(2)24-17-6-4-3-5-7-17/h8-11,13,17,23H,2-7,12,21H2,1H3/b19-18-,22-13-. The molecule has 24 heavy (non-hydrogen) atoms. The van der Waals surface area contributed by atoms with E-state index in [1.54, 1.807) is 0 Å². The van der Waals surface area contributed by atoms with Crippen molar-refractivity contribution in [3.8, 4) is 0 Å². The van der Waals surface area contributed by atoms with Gasteiger partial charge in [-0.2, -0.15) is 0 Å². The molecular formula is C19H26FN3O. The molecule has 4 nitrogen and oxygen atoms in total. The van der Waals surface area contributed by atoms with Crippen molar-refractivity contribution in [3.63, 3.8) is 0 Å². The molecule has 1 fully saturated rings. The van der Waals surface area contributed by atoms with Crippen LogP contribution >= 0.6 is 0 Å². The number of hydrogen-bond acceptors (Lipinski definition) is 4. The summed E-state index contributed by atoms with van der Waals surface area (Å²) < 4.78 is 19.6. The number of ether oxygens (including phenoxy) is 1. The molecule has 0 bridgehead atoms. The Bertz CT molecular complexity index is 602. The zero-order valence-electron chi connectivity index (χ0n) is 14.2. The van der Waals surface area contributed by atoms with Crippen LogP contribution in [0.4, 0.5) is 4.39 Å². The lowest BCUT2D eigenvalue weighted by Crippen LogP contribution is -2.21. The second kappa shape index (κ2) is 9.11.